The van der Waals surface area contributed by atoms with E-state index >= 15 is 0 Å². The number of nitrogens with zero attached hydrogens (tertiary/aromatic N) is 6. The molecule has 2 aliphatic rings. The van der Waals surface area contributed by atoms with Gasteiger partial charge in [-0.2, -0.15) is 0 Å². The number of carbonyl (C=O) groups is 6. The lowest BCUT2D eigenvalue weighted by Crippen LogP contribution is -2.50. The van der Waals surface area contributed by atoms with Crippen molar-refractivity contribution < 1.29 is 44.1 Å². The van der Waals surface area contributed by atoms with E-state index in [1.54, 1.807) is 31.7 Å². The van der Waals surface area contributed by atoms with Crippen LogP contribution in [0, 0.1) is 0 Å². The van der Waals surface area contributed by atoms with Crippen molar-refractivity contribution >= 4 is 35.6 Å². The van der Waals surface area contributed by atoms with Gasteiger partial charge in [0.15, 0.2) is 0 Å². The number of hydrogen-bond acceptors (Lipinski definition) is 11. The number of nitrogens with one attached hydrogen (secondary N) is 2. The Hall–Kier alpha value is -4.19. The first-order chi connectivity index (χ1) is 22.9. The molecule has 0 atom stereocenters. The molecule has 0 spiro atoms. The lowest BCUT2D eigenvalue weighted by Gasteiger charge is -2.34. The molecular formula is C31H48N8O9. The Labute approximate surface area is 279 Å². The van der Waals surface area contributed by atoms with Crippen LogP contribution < -0.4 is 10.6 Å². The second-order valence-corrected chi connectivity index (χ2v) is 12.0. The van der Waals surface area contributed by atoms with Gasteiger partial charge in [-0.3, -0.25) is 48.4 Å². The number of fused-ring (bicyclic) bond motifs is 1. The SMILES string of the molecule is CCCCNC(=O)CNC(=O)c1ccc2c(n1)CCN(C(=O)CN1CCN(CC(=O)O)CCN(CC(=O)O)CCN(CC(=O)O)CC1)C2. The summed E-state index contributed by atoms with van der Waals surface area (Å²) in [4.78, 5) is 85.7. The fourth-order valence-corrected chi connectivity index (χ4v) is 5.55. The van der Waals surface area contributed by atoms with Crippen molar-refractivity contribution in [1.82, 2.24) is 40.1 Å². The zero-order valence-corrected chi connectivity index (χ0v) is 27.6. The summed E-state index contributed by atoms with van der Waals surface area (Å²) in [5, 5.41) is 33.6. The summed E-state index contributed by atoms with van der Waals surface area (Å²) in [5.74, 6) is -3.94. The summed E-state index contributed by atoms with van der Waals surface area (Å²) in [7, 11) is 0. The average Bonchev–Trinajstić information content (AvgIpc) is 3.03. The summed E-state index contributed by atoms with van der Waals surface area (Å²) in [6.07, 6.45) is 2.24. The average molecular weight is 677 g/mol. The molecule has 2 aliphatic heterocycles. The summed E-state index contributed by atoms with van der Waals surface area (Å²) < 4.78 is 0. The summed E-state index contributed by atoms with van der Waals surface area (Å²) in [5.41, 5.74) is 1.71. The Morgan fingerprint density at radius 2 is 1.21 bits per heavy atom. The molecule has 0 radical (unpaired) electrons. The van der Waals surface area contributed by atoms with Crippen LogP contribution in [0.3, 0.4) is 0 Å². The van der Waals surface area contributed by atoms with Gasteiger partial charge in [0.2, 0.25) is 11.8 Å². The lowest BCUT2D eigenvalue weighted by atomic mass is 10.0. The van der Waals surface area contributed by atoms with Gasteiger partial charge in [0.05, 0.1) is 32.7 Å². The first-order valence-corrected chi connectivity index (χ1v) is 16.3. The molecule has 0 aromatic carbocycles. The van der Waals surface area contributed by atoms with E-state index in [1.165, 1.54) is 0 Å². The fraction of sp³-hybridized carbons (Fsp3) is 0.645. The number of carboxylic acids is 3. The number of rotatable bonds is 14. The van der Waals surface area contributed by atoms with Gasteiger partial charge < -0.3 is 30.9 Å². The van der Waals surface area contributed by atoms with Crippen LogP contribution >= 0.6 is 0 Å². The highest BCUT2D eigenvalue weighted by molar-refractivity contribution is 5.95. The smallest absolute Gasteiger partial charge is 0.317 e. The Morgan fingerprint density at radius 1 is 0.708 bits per heavy atom. The molecule has 1 fully saturated rings. The third-order valence-electron chi connectivity index (χ3n) is 8.26. The van der Waals surface area contributed by atoms with Gasteiger partial charge in [0, 0.05) is 84.1 Å². The van der Waals surface area contributed by atoms with Gasteiger partial charge in [0.25, 0.3) is 5.91 Å². The standard InChI is InChI=1S/C31H48N8O9/c1-2-3-7-32-26(40)17-33-31(48)25-5-4-23-18-39(8-6-24(23)34-25)27(41)19-35-9-11-36(20-28(42)43)13-15-38(22-30(46)47)16-14-37(12-10-35)21-29(44)45/h4-5H,2-3,6-22H2,1H3,(H,32,40)(H,33,48)(H,42,43)(H,44,45)(H,46,47). The quantitative estimate of drug-likeness (QED) is 0.136. The van der Waals surface area contributed by atoms with E-state index in [9.17, 15) is 44.1 Å². The number of amides is 3. The molecule has 3 amide bonds. The second-order valence-electron chi connectivity index (χ2n) is 12.0. The lowest BCUT2D eigenvalue weighted by molar-refractivity contribution is -0.140. The molecule has 1 aromatic heterocycles. The topological polar surface area (TPSA) is 216 Å². The van der Waals surface area contributed by atoms with Crippen molar-refractivity contribution in [3.63, 3.8) is 0 Å². The minimum absolute atomic E-state index is 0.0382. The number of aromatic nitrogens is 1. The first-order valence-electron chi connectivity index (χ1n) is 16.3. The maximum Gasteiger partial charge on any atom is 0.317 e. The van der Waals surface area contributed by atoms with Gasteiger partial charge in [0.1, 0.15) is 5.69 Å². The molecule has 0 bridgehead atoms. The van der Waals surface area contributed by atoms with Crippen LogP contribution in [0.4, 0.5) is 0 Å². The van der Waals surface area contributed by atoms with Crippen molar-refractivity contribution in [3.05, 3.63) is 29.1 Å². The zero-order valence-electron chi connectivity index (χ0n) is 27.6. The molecule has 0 aliphatic carbocycles. The molecule has 3 rings (SSSR count). The molecule has 17 nitrogen and oxygen atoms in total. The molecule has 17 heteroatoms. The maximum absolute atomic E-state index is 13.5. The van der Waals surface area contributed by atoms with Crippen LogP contribution in [0.15, 0.2) is 12.1 Å². The highest BCUT2D eigenvalue weighted by atomic mass is 16.4. The molecule has 0 unspecified atom stereocenters. The van der Waals surface area contributed by atoms with Gasteiger partial charge >= 0.3 is 17.9 Å². The predicted octanol–water partition coefficient (Wildman–Crippen LogP) is -1.91. The molecule has 48 heavy (non-hydrogen) atoms. The van der Waals surface area contributed by atoms with E-state index in [4.69, 9.17) is 0 Å². The number of aliphatic carboxylic acids is 3. The normalized spacial score (nSPS) is 17.4. The van der Waals surface area contributed by atoms with Crippen molar-refractivity contribution in [1.29, 1.82) is 0 Å². The molecule has 5 N–H and O–H groups in total. The number of carbonyl (C=O) groups excluding carboxylic acids is 3. The second kappa shape index (κ2) is 19.6. The summed E-state index contributed by atoms with van der Waals surface area (Å²) >= 11 is 0. The summed E-state index contributed by atoms with van der Waals surface area (Å²) in [6, 6.07) is 3.33. The number of unbranched alkanes of at least 4 members (excludes halogenated alkanes) is 1. The van der Waals surface area contributed by atoms with Crippen LogP contribution in [0.2, 0.25) is 0 Å². The fourth-order valence-electron chi connectivity index (χ4n) is 5.55. The zero-order chi connectivity index (χ0) is 35.1. The molecule has 1 saturated heterocycles. The number of hydrogen-bond donors (Lipinski definition) is 5. The number of pyridine rings is 1. The first kappa shape index (κ1) is 38.3. The minimum Gasteiger partial charge on any atom is -0.480 e. The van der Waals surface area contributed by atoms with E-state index < -0.39 is 23.8 Å². The summed E-state index contributed by atoms with van der Waals surface area (Å²) in [6.45, 7) is 4.91. The van der Waals surface area contributed by atoms with E-state index in [0.717, 1.165) is 18.4 Å². The minimum atomic E-state index is -1.03. The molecule has 0 saturated carbocycles. The van der Waals surface area contributed by atoms with Crippen molar-refractivity contribution in [3.8, 4) is 0 Å². The molecule has 266 valence electrons. The highest BCUT2D eigenvalue weighted by Crippen LogP contribution is 2.18. The highest BCUT2D eigenvalue weighted by Gasteiger charge is 2.26. The Kier molecular flexibility index (Phi) is 15.6. The third-order valence-corrected chi connectivity index (χ3v) is 8.26. The Bertz CT molecular complexity index is 1260. The van der Waals surface area contributed by atoms with Gasteiger partial charge in [-0.15, -0.1) is 0 Å². The predicted molar refractivity (Wildman–Crippen MR) is 172 cm³/mol. The van der Waals surface area contributed by atoms with E-state index in [-0.39, 0.29) is 50.2 Å². The van der Waals surface area contributed by atoms with Crippen LogP contribution in [-0.2, 0) is 36.9 Å². The monoisotopic (exact) mass is 676 g/mol. The Balaban J connectivity index is 1.63. The Morgan fingerprint density at radius 3 is 1.69 bits per heavy atom. The van der Waals surface area contributed by atoms with Crippen LogP contribution in [-0.4, -0.2) is 179 Å². The van der Waals surface area contributed by atoms with E-state index in [2.05, 4.69) is 15.6 Å². The largest absolute Gasteiger partial charge is 0.480 e. The number of carboxylic acid groups (broad SMARTS) is 3. The van der Waals surface area contributed by atoms with Gasteiger partial charge in [-0.1, -0.05) is 19.4 Å². The van der Waals surface area contributed by atoms with Crippen LogP contribution in [0.1, 0.15) is 41.5 Å². The molecular weight excluding hydrogens is 628 g/mol. The van der Waals surface area contributed by atoms with E-state index in [1.807, 2.05) is 11.8 Å². The van der Waals surface area contributed by atoms with Crippen molar-refractivity contribution in [2.75, 3.05) is 98.2 Å². The maximum atomic E-state index is 13.5. The van der Waals surface area contributed by atoms with Crippen molar-refractivity contribution in [2.45, 2.75) is 32.7 Å². The van der Waals surface area contributed by atoms with Gasteiger partial charge in [-0.05, 0) is 18.1 Å². The molecule has 3 heterocycles. The third kappa shape index (κ3) is 13.5. The van der Waals surface area contributed by atoms with E-state index in [0.29, 0.717) is 84.1 Å². The van der Waals surface area contributed by atoms with Crippen LogP contribution in [0.25, 0.3) is 0 Å². The van der Waals surface area contributed by atoms with Crippen molar-refractivity contribution in [2.24, 2.45) is 0 Å². The van der Waals surface area contributed by atoms with Crippen LogP contribution in [0.5, 0.6) is 0 Å². The van der Waals surface area contributed by atoms with Gasteiger partial charge in [-0.25, -0.2) is 4.98 Å². The molecule has 1 aromatic rings.